The van der Waals surface area contributed by atoms with Gasteiger partial charge in [0.2, 0.25) is 11.8 Å². The van der Waals surface area contributed by atoms with Gasteiger partial charge in [-0.15, -0.1) is 12.4 Å². The highest BCUT2D eigenvalue weighted by atomic mass is 35.5. The first-order valence-electron chi connectivity index (χ1n) is 7.58. The summed E-state index contributed by atoms with van der Waals surface area (Å²) < 4.78 is 0. The van der Waals surface area contributed by atoms with E-state index in [4.69, 9.17) is 0 Å². The third kappa shape index (κ3) is 3.42. The quantitative estimate of drug-likeness (QED) is 0.874. The molecule has 0 saturated carbocycles. The fourth-order valence-electron chi connectivity index (χ4n) is 3.13. The van der Waals surface area contributed by atoms with Crippen LogP contribution in [0.3, 0.4) is 0 Å². The fraction of sp³-hybridized carbons (Fsp3) is 0.500. The molecule has 120 valence electrons. The third-order valence-electron chi connectivity index (χ3n) is 4.29. The fourth-order valence-corrected chi connectivity index (χ4v) is 3.13. The number of benzene rings is 1. The molecule has 0 radical (unpaired) electrons. The van der Waals surface area contributed by atoms with Gasteiger partial charge in [-0.1, -0.05) is 0 Å². The summed E-state index contributed by atoms with van der Waals surface area (Å²) in [5.41, 5.74) is 2.93. The zero-order valence-electron chi connectivity index (χ0n) is 12.7. The highest BCUT2D eigenvalue weighted by Crippen LogP contribution is 2.30. The van der Waals surface area contributed by atoms with Gasteiger partial charge in [-0.05, 0) is 49.6 Å². The summed E-state index contributed by atoms with van der Waals surface area (Å²) in [6.45, 7) is 4.08. The van der Waals surface area contributed by atoms with Crippen molar-refractivity contribution < 1.29 is 9.59 Å². The molecule has 2 aliphatic rings. The molecule has 1 atom stereocenters. The Balaban J connectivity index is 0.00000176. The lowest BCUT2D eigenvalue weighted by molar-refractivity contribution is -0.120. The second-order valence-electron chi connectivity index (χ2n) is 5.80. The minimum absolute atomic E-state index is 0. The Hall–Kier alpha value is -1.59. The van der Waals surface area contributed by atoms with Crippen molar-refractivity contribution in [2.75, 3.05) is 29.9 Å². The Labute approximate surface area is 136 Å². The molecule has 0 spiro atoms. The first-order chi connectivity index (χ1) is 10.1. The summed E-state index contributed by atoms with van der Waals surface area (Å²) in [6, 6.07) is 5.80. The van der Waals surface area contributed by atoms with E-state index in [1.54, 1.807) is 11.8 Å². The molecule has 0 aliphatic carbocycles. The lowest BCUT2D eigenvalue weighted by Crippen LogP contribution is -2.37. The predicted molar refractivity (Wildman–Crippen MR) is 89.6 cm³/mol. The van der Waals surface area contributed by atoms with Crippen LogP contribution in [0.5, 0.6) is 0 Å². The summed E-state index contributed by atoms with van der Waals surface area (Å²) in [7, 11) is 0. The van der Waals surface area contributed by atoms with Crippen molar-refractivity contribution >= 4 is 35.6 Å². The molecule has 0 aromatic heterocycles. The van der Waals surface area contributed by atoms with E-state index in [1.807, 2.05) is 18.2 Å². The van der Waals surface area contributed by atoms with E-state index in [2.05, 4.69) is 10.6 Å². The van der Waals surface area contributed by atoms with Gasteiger partial charge in [-0.25, -0.2) is 0 Å². The molecular weight excluding hydrogens is 302 g/mol. The molecule has 2 N–H and O–H groups in total. The minimum Gasteiger partial charge on any atom is -0.326 e. The summed E-state index contributed by atoms with van der Waals surface area (Å²) in [6.07, 6.45) is 2.85. The molecule has 1 fully saturated rings. The number of hydrogen-bond acceptors (Lipinski definition) is 3. The molecule has 1 unspecified atom stereocenters. The highest BCUT2D eigenvalue weighted by Gasteiger charge is 2.24. The van der Waals surface area contributed by atoms with Gasteiger partial charge in [0, 0.05) is 31.4 Å². The van der Waals surface area contributed by atoms with E-state index < -0.39 is 0 Å². The molecule has 1 saturated heterocycles. The first kappa shape index (κ1) is 16.8. The standard InChI is InChI=1S/C16H21N3O2.ClH/c1-11(20)19-8-6-12-9-14(4-5-15(12)19)18-16(21)13-3-2-7-17-10-13;/h4-5,9,13,17H,2-3,6-8,10H2,1H3,(H,18,21);1H. The van der Waals surface area contributed by atoms with E-state index in [9.17, 15) is 9.59 Å². The molecule has 22 heavy (non-hydrogen) atoms. The summed E-state index contributed by atoms with van der Waals surface area (Å²) in [4.78, 5) is 25.5. The van der Waals surface area contributed by atoms with E-state index in [1.165, 1.54) is 0 Å². The Kier molecular flexibility index (Phi) is 5.42. The number of nitrogens with zero attached hydrogens (tertiary/aromatic N) is 1. The van der Waals surface area contributed by atoms with Crippen LogP contribution in [0.15, 0.2) is 18.2 Å². The van der Waals surface area contributed by atoms with Gasteiger partial charge < -0.3 is 15.5 Å². The van der Waals surface area contributed by atoms with Gasteiger partial charge >= 0.3 is 0 Å². The number of anilines is 2. The number of rotatable bonds is 2. The maximum Gasteiger partial charge on any atom is 0.228 e. The monoisotopic (exact) mass is 323 g/mol. The molecule has 2 aliphatic heterocycles. The van der Waals surface area contributed by atoms with Crippen molar-refractivity contribution in [2.45, 2.75) is 26.2 Å². The average Bonchev–Trinajstić information content (AvgIpc) is 2.91. The third-order valence-corrected chi connectivity index (χ3v) is 4.29. The number of carbonyl (C=O) groups excluding carboxylic acids is 2. The Morgan fingerprint density at radius 1 is 1.36 bits per heavy atom. The molecular formula is C16H22ClN3O2. The maximum atomic E-state index is 12.2. The lowest BCUT2D eigenvalue weighted by atomic mass is 9.98. The van der Waals surface area contributed by atoms with Crippen molar-refractivity contribution in [3.8, 4) is 0 Å². The van der Waals surface area contributed by atoms with E-state index in [0.717, 1.165) is 55.8 Å². The lowest BCUT2D eigenvalue weighted by Gasteiger charge is -2.22. The number of amides is 2. The van der Waals surface area contributed by atoms with Crippen molar-refractivity contribution in [1.29, 1.82) is 0 Å². The van der Waals surface area contributed by atoms with Crippen molar-refractivity contribution in [2.24, 2.45) is 5.92 Å². The Bertz CT molecular complexity index is 571. The maximum absolute atomic E-state index is 12.2. The summed E-state index contributed by atoms with van der Waals surface area (Å²) in [5, 5.41) is 6.26. The van der Waals surface area contributed by atoms with Crippen molar-refractivity contribution in [1.82, 2.24) is 5.32 Å². The van der Waals surface area contributed by atoms with Crippen molar-refractivity contribution in [3.63, 3.8) is 0 Å². The molecule has 0 bridgehead atoms. The van der Waals surface area contributed by atoms with E-state index >= 15 is 0 Å². The molecule has 3 rings (SSSR count). The summed E-state index contributed by atoms with van der Waals surface area (Å²) >= 11 is 0. The number of halogens is 1. The molecule has 1 aromatic rings. The number of nitrogens with one attached hydrogen (secondary N) is 2. The van der Waals surface area contributed by atoms with Gasteiger partial charge in [0.05, 0.1) is 5.92 Å². The largest absolute Gasteiger partial charge is 0.326 e. The molecule has 1 aromatic carbocycles. The topological polar surface area (TPSA) is 61.4 Å². The highest BCUT2D eigenvalue weighted by molar-refractivity contribution is 5.96. The smallest absolute Gasteiger partial charge is 0.228 e. The van der Waals surface area contributed by atoms with Crippen LogP contribution in [0.1, 0.15) is 25.3 Å². The van der Waals surface area contributed by atoms with Crippen LogP contribution >= 0.6 is 12.4 Å². The van der Waals surface area contributed by atoms with Crippen LogP contribution < -0.4 is 15.5 Å². The van der Waals surface area contributed by atoms with E-state index in [0.29, 0.717) is 0 Å². The van der Waals surface area contributed by atoms with Crippen LogP contribution in [-0.4, -0.2) is 31.4 Å². The Morgan fingerprint density at radius 3 is 2.86 bits per heavy atom. The molecule has 2 amide bonds. The normalized spacial score (nSPS) is 20.0. The van der Waals surface area contributed by atoms with Crippen molar-refractivity contribution in [3.05, 3.63) is 23.8 Å². The Morgan fingerprint density at radius 2 is 2.18 bits per heavy atom. The van der Waals surface area contributed by atoms with Gasteiger partial charge in [0.25, 0.3) is 0 Å². The van der Waals surface area contributed by atoms with Crippen LogP contribution in [-0.2, 0) is 16.0 Å². The molecule has 5 nitrogen and oxygen atoms in total. The van der Waals surface area contributed by atoms with Crippen LogP contribution in [0, 0.1) is 5.92 Å². The molecule has 2 heterocycles. The second kappa shape index (κ2) is 7.11. The zero-order valence-corrected chi connectivity index (χ0v) is 13.5. The van der Waals surface area contributed by atoms with Gasteiger partial charge in [-0.3, -0.25) is 9.59 Å². The van der Waals surface area contributed by atoms with Crippen LogP contribution in [0.2, 0.25) is 0 Å². The summed E-state index contributed by atoms with van der Waals surface area (Å²) in [5.74, 6) is 0.211. The first-order valence-corrected chi connectivity index (χ1v) is 7.58. The zero-order chi connectivity index (χ0) is 14.8. The van der Waals surface area contributed by atoms with Crippen LogP contribution in [0.4, 0.5) is 11.4 Å². The number of hydrogen-bond donors (Lipinski definition) is 2. The predicted octanol–water partition coefficient (Wildman–Crippen LogP) is 1.96. The van der Waals surface area contributed by atoms with E-state index in [-0.39, 0.29) is 30.1 Å². The van der Waals surface area contributed by atoms with Gasteiger partial charge in [-0.2, -0.15) is 0 Å². The van der Waals surface area contributed by atoms with Gasteiger partial charge in [0.1, 0.15) is 0 Å². The molecule has 6 heteroatoms. The number of carbonyl (C=O) groups is 2. The minimum atomic E-state index is 0. The second-order valence-corrected chi connectivity index (χ2v) is 5.80. The van der Waals surface area contributed by atoms with Gasteiger partial charge in [0.15, 0.2) is 0 Å². The number of piperidine rings is 1. The SMILES string of the molecule is CC(=O)N1CCc2cc(NC(=O)C3CCCNC3)ccc21.Cl. The number of fused-ring (bicyclic) bond motifs is 1. The average molecular weight is 324 g/mol. The van der Waals surface area contributed by atoms with Crippen LogP contribution in [0.25, 0.3) is 0 Å².